The molecule has 0 spiro atoms. The van der Waals surface area contributed by atoms with E-state index in [-0.39, 0.29) is 5.91 Å². The lowest BCUT2D eigenvalue weighted by Gasteiger charge is -2.27. The Morgan fingerprint density at radius 1 is 1.10 bits per heavy atom. The minimum Gasteiger partial charge on any atom is -0.379 e. The lowest BCUT2D eigenvalue weighted by Crippen LogP contribution is -2.38. The van der Waals surface area contributed by atoms with Gasteiger partial charge in [-0.05, 0) is 34.5 Å². The largest absolute Gasteiger partial charge is 0.379 e. The number of nitrogens with one attached hydrogen (secondary N) is 1. The van der Waals surface area contributed by atoms with E-state index in [0.717, 1.165) is 61.8 Å². The van der Waals surface area contributed by atoms with Crippen molar-refractivity contribution in [2.45, 2.75) is 19.6 Å². The molecule has 9 heteroatoms. The number of ether oxygens (including phenoxy) is 1. The predicted molar refractivity (Wildman–Crippen MR) is 105 cm³/mol. The minimum absolute atomic E-state index is 0.0642. The standard InChI is InChI=1S/C20H23N7O2/c28-20(18-2-1-5-26(18)7-6-25-8-10-29-11-9-25)27-13-16-4-3-15(12-17(16)14-27)19-21-23-24-22-19/h1-5,12H,6-11,13-14H2,(H,21,22,23,24). The molecule has 2 aliphatic heterocycles. The second-order valence-corrected chi connectivity index (χ2v) is 7.42. The van der Waals surface area contributed by atoms with Crippen molar-refractivity contribution >= 4 is 5.91 Å². The van der Waals surface area contributed by atoms with Crippen molar-refractivity contribution in [3.8, 4) is 11.4 Å². The SMILES string of the molecule is O=C(c1cccn1CCN1CCOCC1)N1Cc2ccc(-c3nn[nH]n3)cc2C1. The Balaban J connectivity index is 1.27. The molecular weight excluding hydrogens is 370 g/mol. The van der Waals surface area contributed by atoms with Gasteiger partial charge in [0.15, 0.2) is 0 Å². The number of rotatable bonds is 5. The summed E-state index contributed by atoms with van der Waals surface area (Å²) < 4.78 is 7.47. The molecular formula is C20H23N7O2. The smallest absolute Gasteiger partial charge is 0.271 e. The number of fused-ring (bicyclic) bond motifs is 1. The zero-order chi connectivity index (χ0) is 19.6. The molecule has 29 heavy (non-hydrogen) atoms. The van der Waals surface area contributed by atoms with Crippen LogP contribution in [0.25, 0.3) is 11.4 Å². The normalized spacial score (nSPS) is 16.9. The van der Waals surface area contributed by atoms with E-state index in [1.165, 1.54) is 0 Å². The van der Waals surface area contributed by atoms with Crippen molar-refractivity contribution in [3.63, 3.8) is 0 Å². The summed E-state index contributed by atoms with van der Waals surface area (Å²) in [5, 5.41) is 14.2. The molecule has 2 aliphatic rings. The summed E-state index contributed by atoms with van der Waals surface area (Å²) in [5.74, 6) is 0.629. The summed E-state index contributed by atoms with van der Waals surface area (Å²) in [6.45, 7) is 6.42. The van der Waals surface area contributed by atoms with Crippen LogP contribution in [-0.4, -0.2) is 73.7 Å². The highest BCUT2D eigenvalue weighted by molar-refractivity contribution is 5.93. The second-order valence-electron chi connectivity index (χ2n) is 7.42. The number of morpholine rings is 1. The molecule has 150 valence electrons. The molecule has 0 saturated carbocycles. The summed E-state index contributed by atoms with van der Waals surface area (Å²) in [6, 6.07) is 9.93. The van der Waals surface area contributed by atoms with Crippen LogP contribution in [0.3, 0.4) is 0 Å². The molecule has 4 heterocycles. The number of benzene rings is 1. The fraction of sp³-hybridized carbons (Fsp3) is 0.400. The zero-order valence-electron chi connectivity index (χ0n) is 16.1. The first kappa shape index (κ1) is 18.0. The summed E-state index contributed by atoms with van der Waals surface area (Å²) in [7, 11) is 0. The van der Waals surface area contributed by atoms with Crippen LogP contribution in [0.2, 0.25) is 0 Å². The van der Waals surface area contributed by atoms with Gasteiger partial charge < -0.3 is 14.2 Å². The highest BCUT2D eigenvalue weighted by atomic mass is 16.5. The van der Waals surface area contributed by atoms with Crippen LogP contribution in [0.5, 0.6) is 0 Å². The first-order valence-corrected chi connectivity index (χ1v) is 9.88. The average Bonchev–Trinajstić information content (AvgIpc) is 3.52. The third kappa shape index (κ3) is 3.66. The van der Waals surface area contributed by atoms with Crippen LogP contribution in [-0.2, 0) is 24.4 Å². The Bertz CT molecular complexity index is 992. The number of aromatic amines is 1. The first-order valence-electron chi connectivity index (χ1n) is 9.88. The molecule has 5 rings (SSSR count). The summed E-state index contributed by atoms with van der Waals surface area (Å²) in [5.41, 5.74) is 3.94. The topological polar surface area (TPSA) is 92.2 Å². The van der Waals surface area contributed by atoms with Crippen molar-refractivity contribution in [2.75, 3.05) is 32.8 Å². The molecule has 1 N–H and O–H groups in total. The van der Waals surface area contributed by atoms with Gasteiger partial charge in [0.05, 0.1) is 13.2 Å². The van der Waals surface area contributed by atoms with Gasteiger partial charge in [0, 0.05) is 51.0 Å². The maximum Gasteiger partial charge on any atom is 0.271 e. The lowest BCUT2D eigenvalue weighted by atomic mass is 10.1. The van der Waals surface area contributed by atoms with E-state index in [0.29, 0.717) is 18.9 Å². The van der Waals surface area contributed by atoms with Gasteiger partial charge in [0.25, 0.3) is 5.91 Å². The maximum atomic E-state index is 13.2. The molecule has 0 atom stereocenters. The van der Waals surface area contributed by atoms with Gasteiger partial charge in [0.2, 0.25) is 5.82 Å². The Labute approximate surface area is 168 Å². The highest BCUT2D eigenvalue weighted by Crippen LogP contribution is 2.28. The van der Waals surface area contributed by atoms with Gasteiger partial charge in [-0.1, -0.05) is 12.1 Å². The van der Waals surface area contributed by atoms with Gasteiger partial charge in [-0.2, -0.15) is 5.21 Å². The number of hydrogen-bond acceptors (Lipinski definition) is 6. The molecule has 1 aromatic carbocycles. The maximum absolute atomic E-state index is 13.2. The number of aromatic nitrogens is 5. The number of hydrogen-bond donors (Lipinski definition) is 1. The van der Waals surface area contributed by atoms with Crippen molar-refractivity contribution in [2.24, 2.45) is 0 Å². The molecule has 0 unspecified atom stereocenters. The lowest BCUT2D eigenvalue weighted by molar-refractivity contribution is 0.0362. The number of tetrazole rings is 1. The van der Waals surface area contributed by atoms with E-state index in [1.807, 2.05) is 41.4 Å². The van der Waals surface area contributed by atoms with Crippen molar-refractivity contribution < 1.29 is 9.53 Å². The van der Waals surface area contributed by atoms with E-state index in [4.69, 9.17) is 4.74 Å². The Morgan fingerprint density at radius 2 is 1.97 bits per heavy atom. The third-order valence-electron chi connectivity index (χ3n) is 5.63. The summed E-state index contributed by atoms with van der Waals surface area (Å²) in [6.07, 6.45) is 1.99. The van der Waals surface area contributed by atoms with E-state index in [1.54, 1.807) is 0 Å². The monoisotopic (exact) mass is 393 g/mol. The van der Waals surface area contributed by atoms with Crippen molar-refractivity contribution in [1.29, 1.82) is 0 Å². The summed E-state index contributed by atoms with van der Waals surface area (Å²) in [4.78, 5) is 17.5. The Morgan fingerprint density at radius 3 is 2.79 bits per heavy atom. The highest BCUT2D eigenvalue weighted by Gasteiger charge is 2.26. The van der Waals surface area contributed by atoms with Crippen LogP contribution in [0.4, 0.5) is 0 Å². The van der Waals surface area contributed by atoms with Crippen LogP contribution in [0.15, 0.2) is 36.5 Å². The molecule has 1 fully saturated rings. The quantitative estimate of drug-likeness (QED) is 0.699. The van der Waals surface area contributed by atoms with Crippen molar-refractivity contribution in [3.05, 3.63) is 53.3 Å². The fourth-order valence-corrected chi connectivity index (χ4v) is 4.00. The van der Waals surface area contributed by atoms with Gasteiger partial charge in [0.1, 0.15) is 5.69 Å². The third-order valence-corrected chi connectivity index (χ3v) is 5.63. The minimum atomic E-state index is 0.0642. The molecule has 9 nitrogen and oxygen atoms in total. The summed E-state index contributed by atoms with van der Waals surface area (Å²) >= 11 is 0. The van der Waals surface area contributed by atoms with E-state index < -0.39 is 0 Å². The number of carbonyl (C=O) groups is 1. The number of amides is 1. The number of H-pyrrole nitrogens is 1. The molecule has 3 aromatic rings. The zero-order valence-corrected chi connectivity index (χ0v) is 16.1. The van der Waals surface area contributed by atoms with Crippen molar-refractivity contribution in [1.82, 2.24) is 35.0 Å². The number of nitrogens with zero attached hydrogens (tertiary/aromatic N) is 6. The van der Waals surface area contributed by atoms with Gasteiger partial charge in [-0.25, -0.2) is 0 Å². The second kappa shape index (κ2) is 7.76. The Kier molecular flexibility index (Phi) is 4.82. The number of carbonyl (C=O) groups excluding carboxylic acids is 1. The Hall–Kier alpha value is -3.04. The van der Waals surface area contributed by atoms with Gasteiger partial charge in [-0.3, -0.25) is 9.69 Å². The molecule has 2 aromatic heterocycles. The van der Waals surface area contributed by atoms with Crippen LogP contribution >= 0.6 is 0 Å². The van der Waals surface area contributed by atoms with E-state index >= 15 is 0 Å². The molecule has 1 saturated heterocycles. The molecule has 1 amide bonds. The van der Waals surface area contributed by atoms with E-state index in [2.05, 4.69) is 30.1 Å². The molecule has 0 bridgehead atoms. The first-order chi connectivity index (χ1) is 14.3. The fourth-order valence-electron chi connectivity index (χ4n) is 4.00. The van der Waals surface area contributed by atoms with Crippen LogP contribution < -0.4 is 0 Å². The average molecular weight is 393 g/mol. The van der Waals surface area contributed by atoms with Crippen LogP contribution in [0, 0.1) is 0 Å². The molecule has 0 aliphatic carbocycles. The predicted octanol–water partition coefficient (Wildman–Crippen LogP) is 1.16. The van der Waals surface area contributed by atoms with Gasteiger partial charge >= 0.3 is 0 Å². The molecule has 0 radical (unpaired) electrons. The van der Waals surface area contributed by atoms with Gasteiger partial charge in [-0.15, -0.1) is 10.2 Å². The van der Waals surface area contributed by atoms with E-state index in [9.17, 15) is 4.79 Å². The van der Waals surface area contributed by atoms with Crippen LogP contribution in [0.1, 0.15) is 21.6 Å².